The van der Waals surface area contributed by atoms with Crippen molar-refractivity contribution in [1.82, 2.24) is 8.61 Å². The summed E-state index contributed by atoms with van der Waals surface area (Å²) >= 11 is 3.48. The highest BCUT2D eigenvalue weighted by atomic mass is 79.9. The van der Waals surface area contributed by atoms with E-state index in [0.717, 1.165) is 28.4 Å². The molecule has 0 aromatic heterocycles. The SMILES string of the molecule is Cc1cc(C2CCCN2S(=O)(=O)N(C)C)ccc1Br. The van der Waals surface area contributed by atoms with Crippen LogP contribution in [0.5, 0.6) is 0 Å². The summed E-state index contributed by atoms with van der Waals surface area (Å²) in [6.45, 7) is 2.62. The van der Waals surface area contributed by atoms with Gasteiger partial charge in [0.2, 0.25) is 0 Å². The van der Waals surface area contributed by atoms with Gasteiger partial charge in [0, 0.05) is 25.1 Å². The van der Waals surface area contributed by atoms with Gasteiger partial charge in [-0.05, 0) is 37.0 Å². The summed E-state index contributed by atoms with van der Waals surface area (Å²) in [4.78, 5) is 0. The second kappa shape index (κ2) is 5.52. The van der Waals surface area contributed by atoms with Gasteiger partial charge >= 0.3 is 0 Å². The second-order valence-electron chi connectivity index (χ2n) is 5.07. The third kappa shape index (κ3) is 2.86. The van der Waals surface area contributed by atoms with Crippen molar-refractivity contribution in [1.29, 1.82) is 0 Å². The first-order chi connectivity index (χ1) is 8.84. The minimum atomic E-state index is -3.34. The number of rotatable bonds is 3. The van der Waals surface area contributed by atoms with Gasteiger partial charge in [-0.1, -0.05) is 28.1 Å². The quantitative estimate of drug-likeness (QED) is 0.844. The summed E-state index contributed by atoms with van der Waals surface area (Å²) in [5, 5.41) is 0. The first-order valence-corrected chi connectivity index (χ1v) is 8.48. The van der Waals surface area contributed by atoms with Crippen LogP contribution in [0.1, 0.15) is 30.0 Å². The van der Waals surface area contributed by atoms with E-state index in [1.165, 1.54) is 4.31 Å². The zero-order valence-electron chi connectivity index (χ0n) is 11.4. The molecule has 1 saturated heterocycles. The summed E-state index contributed by atoms with van der Waals surface area (Å²) < 4.78 is 28.6. The van der Waals surface area contributed by atoms with Crippen LogP contribution in [0.2, 0.25) is 0 Å². The molecule has 0 aliphatic carbocycles. The molecule has 2 rings (SSSR count). The normalized spacial score (nSPS) is 21.2. The lowest BCUT2D eigenvalue weighted by molar-refractivity contribution is 0.362. The van der Waals surface area contributed by atoms with E-state index in [0.29, 0.717) is 6.54 Å². The molecule has 0 N–H and O–H groups in total. The summed E-state index contributed by atoms with van der Waals surface area (Å²) in [6.07, 6.45) is 1.79. The van der Waals surface area contributed by atoms with E-state index in [2.05, 4.69) is 22.0 Å². The number of hydrogen-bond donors (Lipinski definition) is 0. The molecule has 1 heterocycles. The second-order valence-corrected chi connectivity index (χ2v) is 8.02. The predicted molar refractivity (Wildman–Crippen MR) is 80.2 cm³/mol. The minimum absolute atomic E-state index is 0.0424. The molecule has 0 bridgehead atoms. The molecule has 4 nitrogen and oxygen atoms in total. The first-order valence-electron chi connectivity index (χ1n) is 6.29. The van der Waals surface area contributed by atoms with Crippen LogP contribution in [0.15, 0.2) is 22.7 Å². The Balaban J connectivity index is 2.36. The highest BCUT2D eigenvalue weighted by Gasteiger charge is 2.36. The zero-order chi connectivity index (χ0) is 14.2. The molecular weight excluding hydrogens is 328 g/mol. The van der Waals surface area contributed by atoms with Crippen molar-refractivity contribution in [2.75, 3.05) is 20.6 Å². The lowest BCUT2D eigenvalue weighted by Crippen LogP contribution is -2.39. The summed E-state index contributed by atoms with van der Waals surface area (Å²) in [5.41, 5.74) is 2.20. The van der Waals surface area contributed by atoms with Crippen LogP contribution in [0.25, 0.3) is 0 Å². The Morgan fingerprint density at radius 2 is 2.05 bits per heavy atom. The van der Waals surface area contributed by atoms with Crippen molar-refractivity contribution in [3.05, 3.63) is 33.8 Å². The highest BCUT2D eigenvalue weighted by molar-refractivity contribution is 9.10. The number of hydrogen-bond acceptors (Lipinski definition) is 2. The molecule has 6 heteroatoms. The van der Waals surface area contributed by atoms with Crippen LogP contribution in [0.3, 0.4) is 0 Å². The molecule has 0 radical (unpaired) electrons. The third-order valence-corrected chi connectivity index (χ3v) is 6.37. The van der Waals surface area contributed by atoms with Gasteiger partial charge in [0.25, 0.3) is 10.2 Å². The maximum atomic E-state index is 12.3. The maximum absolute atomic E-state index is 12.3. The number of aryl methyl sites for hydroxylation is 1. The maximum Gasteiger partial charge on any atom is 0.282 e. The van der Waals surface area contributed by atoms with Crippen LogP contribution >= 0.6 is 15.9 Å². The standard InChI is InChI=1S/C13H19BrN2O2S/c1-10-9-11(6-7-12(10)14)13-5-4-8-16(13)19(17,18)15(2)3/h6-7,9,13H,4-5,8H2,1-3H3. The van der Waals surface area contributed by atoms with Crippen molar-refractivity contribution in [2.45, 2.75) is 25.8 Å². The molecule has 0 saturated carbocycles. The van der Waals surface area contributed by atoms with E-state index in [1.54, 1.807) is 18.4 Å². The smallest absolute Gasteiger partial charge is 0.195 e. The molecule has 1 unspecified atom stereocenters. The van der Waals surface area contributed by atoms with E-state index < -0.39 is 10.2 Å². The lowest BCUT2D eigenvalue weighted by Gasteiger charge is -2.27. The molecule has 1 aliphatic rings. The topological polar surface area (TPSA) is 40.6 Å². The minimum Gasteiger partial charge on any atom is -0.195 e. The summed E-state index contributed by atoms with van der Waals surface area (Å²) in [5.74, 6) is 0. The molecule has 1 atom stereocenters. The Hall–Kier alpha value is -0.430. The Morgan fingerprint density at radius 1 is 1.37 bits per heavy atom. The fourth-order valence-electron chi connectivity index (χ4n) is 2.43. The van der Waals surface area contributed by atoms with Crippen LogP contribution in [-0.2, 0) is 10.2 Å². The summed E-state index contributed by atoms with van der Waals surface area (Å²) in [6, 6.07) is 6.02. The average Bonchev–Trinajstić information content (AvgIpc) is 2.82. The van der Waals surface area contributed by atoms with Gasteiger partial charge in [0.1, 0.15) is 0 Å². The number of benzene rings is 1. The van der Waals surface area contributed by atoms with E-state index in [9.17, 15) is 8.42 Å². The van der Waals surface area contributed by atoms with Gasteiger partial charge in [-0.3, -0.25) is 0 Å². The number of halogens is 1. The van der Waals surface area contributed by atoms with Gasteiger partial charge < -0.3 is 0 Å². The zero-order valence-corrected chi connectivity index (χ0v) is 13.8. The van der Waals surface area contributed by atoms with E-state index in [4.69, 9.17) is 0 Å². The molecule has 1 aromatic rings. The molecule has 1 fully saturated rings. The molecule has 0 spiro atoms. The van der Waals surface area contributed by atoms with Crippen LogP contribution < -0.4 is 0 Å². The number of nitrogens with zero attached hydrogens (tertiary/aromatic N) is 2. The van der Waals surface area contributed by atoms with Gasteiger partial charge in [-0.2, -0.15) is 17.0 Å². The Bertz CT molecular complexity index is 572. The molecule has 1 aromatic carbocycles. The first kappa shape index (κ1) is 15.0. The molecular formula is C13H19BrN2O2S. The van der Waals surface area contributed by atoms with Gasteiger partial charge in [-0.25, -0.2) is 0 Å². The fraction of sp³-hybridized carbons (Fsp3) is 0.538. The van der Waals surface area contributed by atoms with Gasteiger partial charge in [-0.15, -0.1) is 0 Å². The van der Waals surface area contributed by atoms with Gasteiger partial charge in [0.15, 0.2) is 0 Å². The Labute approximate surface area is 123 Å². The Morgan fingerprint density at radius 3 is 2.63 bits per heavy atom. The van der Waals surface area contributed by atoms with Crippen LogP contribution in [0, 0.1) is 6.92 Å². The average molecular weight is 347 g/mol. The van der Waals surface area contributed by atoms with Crippen molar-refractivity contribution < 1.29 is 8.42 Å². The van der Waals surface area contributed by atoms with Crippen molar-refractivity contribution in [3.8, 4) is 0 Å². The van der Waals surface area contributed by atoms with Crippen LogP contribution in [-0.4, -0.2) is 37.7 Å². The predicted octanol–water partition coefficient (Wildman–Crippen LogP) is 2.70. The molecule has 1 aliphatic heterocycles. The molecule has 19 heavy (non-hydrogen) atoms. The van der Waals surface area contributed by atoms with Crippen molar-refractivity contribution in [3.63, 3.8) is 0 Å². The van der Waals surface area contributed by atoms with Crippen LogP contribution in [0.4, 0.5) is 0 Å². The largest absolute Gasteiger partial charge is 0.282 e. The molecule has 106 valence electrons. The van der Waals surface area contributed by atoms with Crippen molar-refractivity contribution in [2.24, 2.45) is 0 Å². The molecule has 0 amide bonds. The van der Waals surface area contributed by atoms with Gasteiger partial charge in [0.05, 0.1) is 6.04 Å². The summed E-state index contributed by atoms with van der Waals surface area (Å²) in [7, 11) is -0.180. The third-order valence-electron chi connectivity index (χ3n) is 3.53. The highest BCUT2D eigenvalue weighted by Crippen LogP contribution is 2.35. The fourth-order valence-corrected chi connectivity index (χ4v) is 4.01. The lowest BCUT2D eigenvalue weighted by atomic mass is 10.0. The monoisotopic (exact) mass is 346 g/mol. The van der Waals surface area contributed by atoms with E-state index in [-0.39, 0.29) is 6.04 Å². The van der Waals surface area contributed by atoms with Crippen molar-refractivity contribution >= 4 is 26.1 Å². The van der Waals surface area contributed by atoms with E-state index in [1.807, 2.05) is 19.1 Å². The van der Waals surface area contributed by atoms with E-state index >= 15 is 0 Å². The Kier molecular flexibility index (Phi) is 4.35.